The highest BCUT2D eigenvalue weighted by Crippen LogP contribution is 2.24. The van der Waals surface area contributed by atoms with Crippen LogP contribution in [0.25, 0.3) is 0 Å². The molecule has 142 valence electrons. The van der Waals surface area contributed by atoms with Crippen LogP contribution in [-0.4, -0.2) is 66.3 Å². The maximum absolute atomic E-state index is 13.0. The lowest BCUT2D eigenvalue weighted by molar-refractivity contribution is -0.149. The molecule has 3 N–H and O–H groups in total. The molecule has 0 aliphatic carbocycles. The maximum Gasteiger partial charge on any atom is 0.245 e. The van der Waals surface area contributed by atoms with Gasteiger partial charge in [0.15, 0.2) is 0 Å². The number of likely N-dealkylation sites (tertiary alicyclic amines) is 2. The van der Waals surface area contributed by atoms with Crippen LogP contribution in [0, 0.1) is 5.92 Å². The van der Waals surface area contributed by atoms with E-state index < -0.39 is 0 Å². The highest BCUT2D eigenvalue weighted by molar-refractivity contribution is 5.88. The predicted molar refractivity (Wildman–Crippen MR) is 95.6 cm³/mol. The molecule has 2 atom stereocenters. The van der Waals surface area contributed by atoms with E-state index in [2.05, 4.69) is 5.32 Å². The molecular weight excluding hydrogens is 320 g/mol. The Morgan fingerprint density at radius 2 is 1.92 bits per heavy atom. The van der Waals surface area contributed by atoms with Crippen LogP contribution >= 0.6 is 0 Å². The summed E-state index contributed by atoms with van der Waals surface area (Å²) in [6, 6.07) is -0.348. The molecule has 2 aliphatic heterocycles. The Morgan fingerprint density at radius 3 is 2.64 bits per heavy atom. The number of nitrogens with one attached hydrogen (secondary N) is 1. The molecule has 0 aromatic rings. The number of nitrogens with two attached hydrogens (primary N) is 1. The molecule has 2 rings (SSSR count). The molecule has 0 aromatic heterocycles. The quantitative estimate of drug-likeness (QED) is 0.727. The summed E-state index contributed by atoms with van der Waals surface area (Å²) in [5.74, 6) is -0.103. The average Bonchev–Trinajstić information content (AvgIpc) is 2.65. The second-order valence-corrected chi connectivity index (χ2v) is 7.05. The SMILES string of the molecule is CCCC(=O)N1CCCCC1C(=O)N1CCCC(C(=O)NCCN)C1. The number of piperidine rings is 2. The van der Waals surface area contributed by atoms with Crippen molar-refractivity contribution in [2.45, 2.75) is 57.9 Å². The smallest absolute Gasteiger partial charge is 0.245 e. The molecule has 2 fully saturated rings. The van der Waals surface area contributed by atoms with E-state index >= 15 is 0 Å². The molecule has 2 heterocycles. The molecule has 2 saturated heterocycles. The molecule has 0 radical (unpaired) electrons. The topological polar surface area (TPSA) is 95.7 Å². The third-order valence-electron chi connectivity index (χ3n) is 5.12. The van der Waals surface area contributed by atoms with Gasteiger partial charge in [-0.15, -0.1) is 0 Å². The molecular formula is C18H32N4O3. The van der Waals surface area contributed by atoms with Crippen molar-refractivity contribution >= 4 is 17.7 Å². The van der Waals surface area contributed by atoms with E-state index in [1.807, 2.05) is 6.92 Å². The Hall–Kier alpha value is -1.63. The minimum Gasteiger partial charge on any atom is -0.355 e. The zero-order valence-corrected chi connectivity index (χ0v) is 15.3. The molecule has 0 bridgehead atoms. The lowest BCUT2D eigenvalue weighted by atomic mass is 9.94. The first-order chi connectivity index (χ1) is 12.1. The Morgan fingerprint density at radius 1 is 1.12 bits per heavy atom. The van der Waals surface area contributed by atoms with Crippen molar-refractivity contribution in [1.29, 1.82) is 0 Å². The number of carbonyl (C=O) groups is 3. The summed E-state index contributed by atoms with van der Waals surface area (Å²) in [6.45, 7) is 4.65. The van der Waals surface area contributed by atoms with Gasteiger partial charge in [-0.3, -0.25) is 14.4 Å². The fraction of sp³-hybridized carbons (Fsp3) is 0.833. The standard InChI is InChI=1S/C18H32N4O3/c1-2-6-16(23)22-12-4-3-8-15(22)18(25)21-11-5-7-14(13-21)17(24)20-10-9-19/h14-15H,2-13,19H2,1H3,(H,20,24). The summed E-state index contributed by atoms with van der Waals surface area (Å²) in [4.78, 5) is 41.2. The van der Waals surface area contributed by atoms with Gasteiger partial charge in [0.05, 0.1) is 5.92 Å². The third-order valence-corrected chi connectivity index (χ3v) is 5.12. The largest absolute Gasteiger partial charge is 0.355 e. The summed E-state index contributed by atoms with van der Waals surface area (Å²) < 4.78 is 0. The van der Waals surface area contributed by atoms with E-state index in [9.17, 15) is 14.4 Å². The van der Waals surface area contributed by atoms with E-state index in [4.69, 9.17) is 5.73 Å². The minimum atomic E-state index is -0.348. The lowest BCUT2D eigenvalue weighted by Crippen LogP contribution is -2.55. The van der Waals surface area contributed by atoms with Gasteiger partial charge in [0.25, 0.3) is 0 Å². The molecule has 2 aliphatic rings. The Balaban J connectivity index is 1.99. The average molecular weight is 352 g/mol. The number of hydrogen-bond acceptors (Lipinski definition) is 4. The van der Waals surface area contributed by atoms with Crippen LogP contribution in [0.3, 0.4) is 0 Å². The Labute approximate surface area is 150 Å². The van der Waals surface area contributed by atoms with Crippen molar-refractivity contribution in [2.24, 2.45) is 11.7 Å². The van der Waals surface area contributed by atoms with Crippen LogP contribution in [0.4, 0.5) is 0 Å². The summed E-state index contributed by atoms with van der Waals surface area (Å²) in [5, 5.41) is 2.82. The van der Waals surface area contributed by atoms with Crippen LogP contribution in [0.15, 0.2) is 0 Å². The van der Waals surface area contributed by atoms with Gasteiger partial charge in [0.1, 0.15) is 6.04 Å². The fourth-order valence-electron chi connectivity index (χ4n) is 3.79. The van der Waals surface area contributed by atoms with Crippen molar-refractivity contribution in [1.82, 2.24) is 15.1 Å². The predicted octanol–water partition coefficient (Wildman–Crippen LogP) is 0.481. The summed E-state index contributed by atoms with van der Waals surface area (Å²) in [5.41, 5.74) is 5.43. The van der Waals surface area contributed by atoms with Crippen molar-refractivity contribution < 1.29 is 14.4 Å². The number of carbonyl (C=O) groups excluding carboxylic acids is 3. The molecule has 25 heavy (non-hydrogen) atoms. The molecule has 2 unspecified atom stereocenters. The number of amides is 3. The van der Waals surface area contributed by atoms with Gasteiger partial charge < -0.3 is 20.9 Å². The molecule has 7 nitrogen and oxygen atoms in total. The van der Waals surface area contributed by atoms with Gasteiger partial charge in [0, 0.05) is 39.1 Å². The third kappa shape index (κ3) is 5.17. The Bertz CT molecular complexity index is 483. The van der Waals surface area contributed by atoms with E-state index in [0.717, 1.165) is 38.5 Å². The van der Waals surface area contributed by atoms with Gasteiger partial charge >= 0.3 is 0 Å². The van der Waals surface area contributed by atoms with E-state index in [0.29, 0.717) is 39.1 Å². The molecule has 0 saturated carbocycles. The molecule has 0 aromatic carbocycles. The van der Waals surface area contributed by atoms with Crippen molar-refractivity contribution in [2.75, 3.05) is 32.7 Å². The first-order valence-electron chi connectivity index (χ1n) is 9.64. The summed E-state index contributed by atoms with van der Waals surface area (Å²) in [6.07, 6.45) is 5.57. The van der Waals surface area contributed by atoms with E-state index in [-0.39, 0.29) is 29.7 Å². The highest BCUT2D eigenvalue weighted by Gasteiger charge is 2.37. The summed E-state index contributed by atoms with van der Waals surface area (Å²) >= 11 is 0. The number of rotatable bonds is 6. The van der Waals surface area contributed by atoms with Crippen LogP contribution in [0.1, 0.15) is 51.9 Å². The number of nitrogens with zero attached hydrogens (tertiary/aromatic N) is 2. The minimum absolute atomic E-state index is 0.0143. The summed E-state index contributed by atoms with van der Waals surface area (Å²) in [7, 11) is 0. The van der Waals surface area contributed by atoms with Gasteiger partial charge in [-0.1, -0.05) is 6.92 Å². The van der Waals surface area contributed by atoms with E-state index in [1.165, 1.54) is 0 Å². The van der Waals surface area contributed by atoms with Crippen molar-refractivity contribution in [3.63, 3.8) is 0 Å². The van der Waals surface area contributed by atoms with Crippen molar-refractivity contribution in [3.8, 4) is 0 Å². The van der Waals surface area contributed by atoms with Crippen molar-refractivity contribution in [3.05, 3.63) is 0 Å². The van der Waals surface area contributed by atoms with Crippen LogP contribution in [0.2, 0.25) is 0 Å². The van der Waals surface area contributed by atoms with E-state index in [1.54, 1.807) is 9.80 Å². The monoisotopic (exact) mass is 352 g/mol. The first kappa shape index (κ1) is 19.7. The zero-order chi connectivity index (χ0) is 18.2. The Kier molecular flexibility index (Phi) is 7.68. The normalized spacial score (nSPS) is 24.1. The highest BCUT2D eigenvalue weighted by atomic mass is 16.2. The van der Waals surface area contributed by atoms with Gasteiger partial charge in [-0.2, -0.15) is 0 Å². The molecule has 7 heteroatoms. The van der Waals surface area contributed by atoms with Gasteiger partial charge in [0.2, 0.25) is 17.7 Å². The van der Waals surface area contributed by atoms with Crippen LogP contribution in [0.5, 0.6) is 0 Å². The van der Waals surface area contributed by atoms with Crippen LogP contribution in [-0.2, 0) is 14.4 Å². The van der Waals surface area contributed by atoms with Gasteiger partial charge in [-0.25, -0.2) is 0 Å². The molecule has 3 amide bonds. The zero-order valence-electron chi connectivity index (χ0n) is 15.3. The first-order valence-corrected chi connectivity index (χ1v) is 9.64. The lowest BCUT2D eigenvalue weighted by Gasteiger charge is -2.40. The van der Waals surface area contributed by atoms with Gasteiger partial charge in [-0.05, 0) is 38.5 Å². The fourth-order valence-corrected chi connectivity index (χ4v) is 3.79. The number of hydrogen-bond donors (Lipinski definition) is 2. The maximum atomic E-state index is 13.0. The second kappa shape index (κ2) is 9.75. The molecule has 0 spiro atoms. The second-order valence-electron chi connectivity index (χ2n) is 7.05. The van der Waals surface area contributed by atoms with Crippen LogP contribution < -0.4 is 11.1 Å².